The van der Waals surface area contributed by atoms with E-state index < -0.39 is 23.5 Å². The number of carboxylic acid groups (broad SMARTS) is 1. The van der Waals surface area contributed by atoms with Crippen LogP contribution in [0.1, 0.15) is 28.0 Å². The number of hydrogen-bond donors (Lipinski definition) is 4. The lowest BCUT2D eigenvalue weighted by atomic mass is 10.1. The van der Waals surface area contributed by atoms with Crippen molar-refractivity contribution in [3.63, 3.8) is 0 Å². The summed E-state index contributed by atoms with van der Waals surface area (Å²) in [6, 6.07) is 1.67. The highest BCUT2D eigenvalue weighted by Crippen LogP contribution is 2.03. The fourth-order valence-corrected chi connectivity index (χ4v) is 1.67. The molecule has 0 spiro atoms. The Balaban J connectivity index is 2.70. The number of carbonyl (C=O) groups excluding carboxylic acids is 1. The van der Waals surface area contributed by atoms with Gasteiger partial charge in [-0.15, -0.1) is 0 Å². The molecule has 0 unspecified atom stereocenters. The van der Waals surface area contributed by atoms with Crippen LogP contribution in [0.2, 0.25) is 0 Å². The van der Waals surface area contributed by atoms with Crippen LogP contribution in [0.15, 0.2) is 10.9 Å². The van der Waals surface area contributed by atoms with Crippen LogP contribution in [0.3, 0.4) is 0 Å². The van der Waals surface area contributed by atoms with E-state index in [2.05, 4.69) is 10.3 Å². The third-order valence-electron chi connectivity index (χ3n) is 2.58. The topological polar surface area (TPSA) is 119 Å². The van der Waals surface area contributed by atoms with Gasteiger partial charge in [-0.2, -0.15) is 0 Å². The van der Waals surface area contributed by atoms with Crippen LogP contribution < -0.4 is 10.9 Å². The Hall–Kier alpha value is -2.15. The van der Waals surface area contributed by atoms with Crippen molar-refractivity contribution in [3.8, 4) is 0 Å². The molecule has 19 heavy (non-hydrogen) atoms. The number of nitrogens with one attached hydrogen (secondary N) is 2. The summed E-state index contributed by atoms with van der Waals surface area (Å²) in [5, 5.41) is 19.9. The molecule has 1 amide bonds. The standard InChI is InChI=1S/C12H16N2O5/c1-6-5-7(2)14-11(17)9(6)10(16)13-4-3-8(15)12(18)19/h5,8,15H,3-4H2,1-2H3,(H,13,16)(H,14,17)(H,18,19)/t8-/m0/s1. The number of aliphatic carboxylic acids is 1. The van der Waals surface area contributed by atoms with E-state index in [9.17, 15) is 14.4 Å². The summed E-state index contributed by atoms with van der Waals surface area (Å²) in [5.41, 5.74) is 0.696. The van der Waals surface area contributed by atoms with Gasteiger partial charge in [0.15, 0.2) is 6.10 Å². The highest BCUT2D eigenvalue weighted by molar-refractivity contribution is 5.95. The average Bonchev–Trinajstić information content (AvgIpc) is 2.26. The van der Waals surface area contributed by atoms with Crippen LogP contribution >= 0.6 is 0 Å². The number of aliphatic hydroxyl groups excluding tert-OH is 1. The number of aryl methyl sites for hydroxylation is 2. The molecule has 1 aromatic rings. The van der Waals surface area contributed by atoms with E-state index >= 15 is 0 Å². The molecular weight excluding hydrogens is 252 g/mol. The molecule has 1 rings (SSSR count). The number of hydrogen-bond acceptors (Lipinski definition) is 4. The molecule has 0 saturated carbocycles. The minimum Gasteiger partial charge on any atom is -0.479 e. The van der Waals surface area contributed by atoms with Gasteiger partial charge in [-0.05, 0) is 25.5 Å². The smallest absolute Gasteiger partial charge is 0.332 e. The Morgan fingerprint density at radius 2 is 2.05 bits per heavy atom. The van der Waals surface area contributed by atoms with Gasteiger partial charge in [0, 0.05) is 18.7 Å². The van der Waals surface area contributed by atoms with Crippen molar-refractivity contribution in [1.29, 1.82) is 0 Å². The van der Waals surface area contributed by atoms with Gasteiger partial charge in [-0.1, -0.05) is 0 Å². The molecule has 0 aromatic carbocycles. The Morgan fingerprint density at radius 3 is 2.58 bits per heavy atom. The van der Waals surface area contributed by atoms with Crippen LogP contribution in [0.4, 0.5) is 0 Å². The summed E-state index contributed by atoms with van der Waals surface area (Å²) in [5.74, 6) is -1.94. The third-order valence-corrected chi connectivity index (χ3v) is 2.58. The van der Waals surface area contributed by atoms with Crippen molar-refractivity contribution in [2.24, 2.45) is 0 Å². The fourth-order valence-electron chi connectivity index (χ4n) is 1.67. The highest BCUT2D eigenvalue weighted by atomic mass is 16.4. The number of carbonyl (C=O) groups is 2. The maximum Gasteiger partial charge on any atom is 0.332 e. The van der Waals surface area contributed by atoms with Crippen molar-refractivity contribution in [2.45, 2.75) is 26.4 Å². The van der Waals surface area contributed by atoms with Crippen LogP contribution in [-0.4, -0.2) is 39.7 Å². The largest absolute Gasteiger partial charge is 0.479 e. The van der Waals surface area contributed by atoms with E-state index in [0.717, 1.165) is 0 Å². The predicted octanol–water partition coefficient (Wildman–Crippen LogP) is -0.443. The van der Waals surface area contributed by atoms with Gasteiger partial charge >= 0.3 is 5.97 Å². The van der Waals surface area contributed by atoms with Gasteiger partial charge < -0.3 is 20.5 Å². The number of pyridine rings is 1. The van der Waals surface area contributed by atoms with Gasteiger partial charge in [0.05, 0.1) is 0 Å². The number of amides is 1. The lowest BCUT2D eigenvalue weighted by Crippen LogP contribution is -2.34. The molecule has 0 saturated heterocycles. The second kappa shape index (κ2) is 6.14. The van der Waals surface area contributed by atoms with E-state index in [-0.39, 0.29) is 18.5 Å². The lowest BCUT2D eigenvalue weighted by molar-refractivity contribution is -0.146. The van der Waals surface area contributed by atoms with E-state index in [1.54, 1.807) is 19.9 Å². The van der Waals surface area contributed by atoms with Gasteiger partial charge in [0.25, 0.3) is 11.5 Å². The second-order valence-electron chi connectivity index (χ2n) is 4.24. The first-order chi connectivity index (χ1) is 8.82. The molecule has 1 atom stereocenters. The first-order valence-electron chi connectivity index (χ1n) is 5.72. The van der Waals surface area contributed by atoms with Gasteiger partial charge in [-0.25, -0.2) is 4.79 Å². The molecular formula is C12H16N2O5. The number of rotatable bonds is 5. The Bertz CT molecular complexity index is 550. The summed E-state index contributed by atoms with van der Waals surface area (Å²) in [6.07, 6.45) is -1.65. The van der Waals surface area contributed by atoms with Crippen molar-refractivity contribution >= 4 is 11.9 Å². The second-order valence-corrected chi connectivity index (χ2v) is 4.24. The maximum absolute atomic E-state index is 11.8. The molecule has 0 aliphatic heterocycles. The minimum atomic E-state index is -1.53. The van der Waals surface area contributed by atoms with Gasteiger partial charge in [-0.3, -0.25) is 9.59 Å². The van der Waals surface area contributed by atoms with Crippen LogP contribution in [0.25, 0.3) is 0 Å². The summed E-state index contributed by atoms with van der Waals surface area (Å²) in [4.78, 5) is 36.3. The first kappa shape index (κ1) is 14.9. The summed E-state index contributed by atoms with van der Waals surface area (Å²) in [7, 11) is 0. The normalized spacial score (nSPS) is 11.9. The number of H-pyrrole nitrogens is 1. The highest BCUT2D eigenvalue weighted by Gasteiger charge is 2.16. The van der Waals surface area contributed by atoms with E-state index in [0.29, 0.717) is 11.3 Å². The maximum atomic E-state index is 11.8. The van der Waals surface area contributed by atoms with Crippen LogP contribution in [0.5, 0.6) is 0 Å². The van der Waals surface area contributed by atoms with Crippen LogP contribution in [0, 0.1) is 13.8 Å². The molecule has 1 aromatic heterocycles. The third kappa shape index (κ3) is 3.92. The SMILES string of the molecule is Cc1cc(C)c(C(=O)NCC[C@H](O)C(=O)O)c(=O)[nH]1. The molecule has 104 valence electrons. The van der Waals surface area contributed by atoms with E-state index in [1.165, 1.54) is 0 Å². The van der Waals surface area contributed by atoms with Crippen molar-refractivity contribution < 1.29 is 19.8 Å². The quantitative estimate of drug-likeness (QED) is 0.577. The fraction of sp³-hybridized carbons (Fsp3) is 0.417. The van der Waals surface area contributed by atoms with E-state index in [1.807, 2.05) is 0 Å². The van der Waals surface area contributed by atoms with Gasteiger partial charge in [0.2, 0.25) is 0 Å². The number of aliphatic hydroxyl groups is 1. The average molecular weight is 268 g/mol. The van der Waals surface area contributed by atoms with Crippen molar-refractivity contribution in [3.05, 3.63) is 33.2 Å². The van der Waals surface area contributed by atoms with Crippen LogP contribution in [-0.2, 0) is 4.79 Å². The molecule has 7 nitrogen and oxygen atoms in total. The van der Waals surface area contributed by atoms with Crippen molar-refractivity contribution in [1.82, 2.24) is 10.3 Å². The molecule has 0 radical (unpaired) electrons. The number of carboxylic acids is 1. The zero-order valence-electron chi connectivity index (χ0n) is 10.7. The summed E-state index contributed by atoms with van der Waals surface area (Å²) < 4.78 is 0. The molecule has 0 aliphatic rings. The Kier molecular flexibility index (Phi) is 4.82. The predicted molar refractivity (Wildman–Crippen MR) is 67.1 cm³/mol. The monoisotopic (exact) mass is 268 g/mol. The molecule has 0 bridgehead atoms. The molecule has 0 aliphatic carbocycles. The Morgan fingerprint density at radius 1 is 1.42 bits per heavy atom. The molecule has 1 heterocycles. The van der Waals surface area contributed by atoms with Gasteiger partial charge in [0.1, 0.15) is 5.56 Å². The summed E-state index contributed by atoms with van der Waals surface area (Å²) in [6.45, 7) is 3.32. The first-order valence-corrected chi connectivity index (χ1v) is 5.72. The minimum absolute atomic E-state index is 0.00425. The zero-order chi connectivity index (χ0) is 14.6. The Labute approximate surface area is 109 Å². The molecule has 0 fully saturated rings. The molecule has 7 heteroatoms. The lowest BCUT2D eigenvalue weighted by Gasteiger charge is -2.09. The summed E-state index contributed by atoms with van der Waals surface area (Å²) >= 11 is 0. The zero-order valence-corrected chi connectivity index (χ0v) is 10.7. The van der Waals surface area contributed by atoms with Crippen molar-refractivity contribution in [2.75, 3.05) is 6.54 Å². The molecule has 4 N–H and O–H groups in total. The number of aromatic nitrogens is 1. The van der Waals surface area contributed by atoms with E-state index in [4.69, 9.17) is 10.2 Å². The number of aromatic amines is 1.